The smallest absolute Gasteiger partial charge is 0.230 e. The second kappa shape index (κ2) is 8.44. The van der Waals surface area contributed by atoms with Gasteiger partial charge >= 0.3 is 0 Å². The Hall–Kier alpha value is -1.19. The van der Waals surface area contributed by atoms with Gasteiger partial charge in [-0.05, 0) is 12.8 Å². The molecule has 0 saturated carbocycles. The number of carbonyl (C=O) groups excluding carboxylic acids is 2. The molecule has 2 heterocycles. The summed E-state index contributed by atoms with van der Waals surface area (Å²) in [5.41, 5.74) is 0. The van der Waals surface area contributed by atoms with Crippen molar-refractivity contribution in [2.75, 3.05) is 24.2 Å². The highest BCUT2D eigenvalue weighted by Gasteiger charge is 2.16. The number of thioether (sulfide) groups is 1. The fourth-order valence-electron chi connectivity index (χ4n) is 1.78. The van der Waals surface area contributed by atoms with Crippen molar-refractivity contribution in [3.8, 4) is 0 Å². The van der Waals surface area contributed by atoms with Crippen molar-refractivity contribution in [2.45, 2.75) is 37.1 Å². The Morgan fingerprint density at radius 2 is 2.27 bits per heavy atom. The van der Waals surface area contributed by atoms with Crippen LogP contribution in [0.3, 0.4) is 0 Å². The Bertz CT molecular complexity index is 515. The van der Waals surface area contributed by atoms with E-state index >= 15 is 0 Å². The Morgan fingerprint density at radius 3 is 2.95 bits per heavy atom. The topological polar surface area (TPSA) is 93.2 Å². The fourth-order valence-corrected chi connectivity index (χ4v) is 3.36. The fraction of sp³-hybridized carbons (Fsp3) is 0.692. The minimum atomic E-state index is -0.108. The number of nitrogens with one attached hydrogen (secondary N) is 2. The molecule has 1 atom stereocenters. The van der Waals surface area contributed by atoms with Crippen LogP contribution in [0.1, 0.15) is 26.7 Å². The molecule has 1 saturated heterocycles. The monoisotopic (exact) mass is 344 g/mol. The minimum absolute atomic E-state index is 0.0523. The molecule has 22 heavy (non-hydrogen) atoms. The van der Waals surface area contributed by atoms with Gasteiger partial charge in [0.05, 0.1) is 11.9 Å². The largest absolute Gasteiger partial charge is 0.376 e. The molecule has 0 spiro atoms. The third kappa shape index (κ3) is 5.54. The maximum atomic E-state index is 11.7. The molecule has 9 heteroatoms. The van der Waals surface area contributed by atoms with Crippen LogP contribution in [0.4, 0.5) is 5.13 Å². The van der Waals surface area contributed by atoms with Gasteiger partial charge in [-0.3, -0.25) is 9.59 Å². The molecule has 2 amide bonds. The van der Waals surface area contributed by atoms with E-state index in [9.17, 15) is 9.59 Å². The lowest BCUT2D eigenvalue weighted by atomic mass is 10.2. The van der Waals surface area contributed by atoms with E-state index in [4.69, 9.17) is 4.74 Å². The van der Waals surface area contributed by atoms with E-state index in [1.807, 2.05) is 13.8 Å². The van der Waals surface area contributed by atoms with Gasteiger partial charge in [0.15, 0.2) is 4.34 Å². The number of anilines is 1. The van der Waals surface area contributed by atoms with E-state index in [1.54, 1.807) is 0 Å². The molecule has 1 fully saturated rings. The van der Waals surface area contributed by atoms with Crippen molar-refractivity contribution in [1.82, 2.24) is 15.5 Å². The van der Waals surface area contributed by atoms with Crippen molar-refractivity contribution >= 4 is 40.0 Å². The summed E-state index contributed by atoms with van der Waals surface area (Å²) in [4.78, 5) is 23.3. The van der Waals surface area contributed by atoms with Gasteiger partial charge in [-0.1, -0.05) is 36.9 Å². The van der Waals surface area contributed by atoms with Crippen molar-refractivity contribution in [3.63, 3.8) is 0 Å². The third-order valence-corrected chi connectivity index (χ3v) is 5.01. The predicted molar refractivity (Wildman–Crippen MR) is 86.1 cm³/mol. The zero-order valence-corrected chi connectivity index (χ0v) is 14.3. The molecule has 2 rings (SSSR count). The highest BCUT2D eigenvalue weighted by atomic mass is 32.2. The van der Waals surface area contributed by atoms with Crippen molar-refractivity contribution in [1.29, 1.82) is 0 Å². The molecule has 0 aromatic carbocycles. The summed E-state index contributed by atoms with van der Waals surface area (Å²) in [6.07, 6.45) is 2.21. The maximum absolute atomic E-state index is 11.7. The first-order valence-electron chi connectivity index (χ1n) is 7.20. The number of hydrogen-bond donors (Lipinski definition) is 2. The maximum Gasteiger partial charge on any atom is 0.230 e. The van der Waals surface area contributed by atoms with Gasteiger partial charge in [0.25, 0.3) is 0 Å². The van der Waals surface area contributed by atoms with Gasteiger partial charge in [-0.15, -0.1) is 10.2 Å². The lowest BCUT2D eigenvalue weighted by Crippen LogP contribution is -2.32. The predicted octanol–water partition coefficient (Wildman–Crippen LogP) is 1.52. The zero-order valence-electron chi connectivity index (χ0n) is 12.6. The lowest BCUT2D eigenvalue weighted by Gasteiger charge is -2.09. The first-order chi connectivity index (χ1) is 10.5. The first kappa shape index (κ1) is 17.2. The summed E-state index contributed by atoms with van der Waals surface area (Å²) in [7, 11) is 0. The number of hydrogen-bond acceptors (Lipinski definition) is 7. The molecular formula is C13H20N4O3S2. The Morgan fingerprint density at radius 1 is 1.45 bits per heavy atom. The molecule has 1 aliphatic rings. The number of carbonyl (C=O) groups is 2. The molecule has 0 bridgehead atoms. The van der Waals surface area contributed by atoms with Crippen LogP contribution in [0.25, 0.3) is 0 Å². The second-order valence-electron chi connectivity index (χ2n) is 5.24. The van der Waals surface area contributed by atoms with Gasteiger partial charge in [-0.2, -0.15) is 0 Å². The Kier molecular flexibility index (Phi) is 6.59. The summed E-state index contributed by atoms with van der Waals surface area (Å²) in [5, 5.41) is 13.8. The van der Waals surface area contributed by atoms with E-state index in [0.29, 0.717) is 16.0 Å². The molecule has 0 unspecified atom stereocenters. The molecule has 2 N–H and O–H groups in total. The molecule has 0 aliphatic carbocycles. The van der Waals surface area contributed by atoms with Crippen LogP contribution < -0.4 is 10.6 Å². The van der Waals surface area contributed by atoms with Crippen LogP contribution in [0.5, 0.6) is 0 Å². The van der Waals surface area contributed by atoms with Crippen LogP contribution in [-0.4, -0.2) is 47.0 Å². The standard InChI is InChI=1S/C13H20N4O3S2/c1-8(2)11(19)15-12-16-17-13(22-12)21-7-10(18)14-6-9-4-3-5-20-9/h8-9H,3-7H2,1-2H3,(H,14,18)(H,15,16,19)/t9-/m0/s1. The molecule has 122 valence electrons. The number of amides is 2. The van der Waals surface area contributed by atoms with Crippen LogP contribution in [0, 0.1) is 5.92 Å². The zero-order chi connectivity index (χ0) is 15.9. The third-order valence-electron chi connectivity index (χ3n) is 3.04. The van der Waals surface area contributed by atoms with Gasteiger partial charge in [0.1, 0.15) is 0 Å². The molecule has 1 aromatic rings. The van der Waals surface area contributed by atoms with Crippen molar-refractivity contribution in [2.24, 2.45) is 5.92 Å². The van der Waals surface area contributed by atoms with Crippen molar-refractivity contribution < 1.29 is 14.3 Å². The SMILES string of the molecule is CC(C)C(=O)Nc1nnc(SCC(=O)NC[C@@H]2CCCO2)s1. The Labute approximate surface area is 137 Å². The quantitative estimate of drug-likeness (QED) is 0.575. The van der Waals surface area contributed by atoms with E-state index in [1.165, 1.54) is 23.1 Å². The summed E-state index contributed by atoms with van der Waals surface area (Å²) in [5.74, 6) is 0.0218. The van der Waals surface area contributed by atoms with Crippen LogP contribution in [0.2, 0.25) is 0 Å². The van der Waals surface area contributed by atoms with Gasteiger partial charge in [-0.25, -0.2) is 0 Å². The number of ether oxygens (including phenoxy) is 1. The first-order valence-corrected chi connectivity index (χ1v) is 9.00. The van der Waals surface area contributed by atoms with E-state index in [-0.39, 0.29) is 29.6 Å². The average molecular weight is 344 g/mol. The van der Waals surface area contributed by atoms with E-state index in [2.05, 4.69) is 20.8 Å². The van der Waals surface area contributed by atoms with Gasteiger partial charge < -0.3 is 15.4 Å². The normalized spacial score (nSPS) is 17.7. The van der Waals surface area contributed by atoms with Crippen LogP contribution in [0.15, 0.2) is 4.34 Å². The number of rotatable bonds is 7. The molecular weight excluding hydrogens is 324 g/mol. The van der Waals surface area contributed by atoms with Gasteiger partial charge in [0, 0.05) is 19.1 Å². The van der Waals surface area contributed by atoms with Crippen LogP contribution in [-0.2, 0) is 14.3 Å². The number of nitrogens with zero attached hydrogens (tertiary/aromatic N) is 2. The average Bonchev–Trinajstić information content (AvgIpc) is 3.14. The summed E-state index contributed by atoms with van der Waals surface area (Å²) < 4.78 is 6.10. The lowest BCUT2D eigenvalue weighted by molar-refractivity contribution is -0.119. The highest BCUT2D eigenvalue weighted by molar-refractivity contribution is 8.01. The summed E-state index contributed by atoms with van der Waals surface area (Å²) >= 11 is 2.58. The summed E-state index contributed by atoms with van der Waals surface area (Å²) in [6.45, 7) is 4.96. The van der Waals surface area contributed by atoms with E-state index < -0.39 is 0 Å². The second-order valence-corrected chi connectivity index (χ2v) is 7.44. The highest BCUT2D eigenvalue weighted by Crippen LogP contribution is 2.25. The molecule has 1 aromatic heterocycles. The molecule has 0 radical (unpaired) electrons. The summed E-state index contributed by atoms with van der Waals surface area (Å²) in [6, 6.07) is 0. The number of aromatic nitrogens is 2. The molecule has 7 nitrogen and oxygen atoms in total. The Balaban J connectivity index is 1.68. The molecule has 1 aliphatic heterocycles. The van der Waals surface area contributed by atoms with Gasteiger partial charge in [0.2, 0.25) is 16.9 Å². The van der Waals surface area contributed by atoms with Crippen LogP contribution >= 0.6 is 23.1 Å². The minimum Gasteiger partial charge on any atom is -0.376 e. The van der Waals surface area contributed by atoms with Crippen molar-refractivity contribution in [3.05, 3.63) is 0 Å². The van der Waals surface area contributed by atoms with E-state index in [0.717, 1.165) is 19.4 Å².